The van der Waals surface area contributed by atoms with Crippen molar-refractivity contribution in [3.8, 4) is 5.75 Å². The number of fused-ring (bicyclic) bond motifs is 1. The van der Waals surface area contributed by atoms with Gasteiger partial charge in [0.05, 0.1) is 17.9 Å². The van der Waals surface area contributed by atoms with Crippen LogP contribution >= 0.6 is 23.1 Å². The minimum atomic E-state index is -0.433. The zero-order chi connectivity index (χ0) is 26.9. The highest BCUT2D eigenvalue weighted by atomic mass is 32.2. The fraction of sp³-hybridized carbons (Fsp3) is 0.345. The zero-order valence-electron chi connectivity index (χ0n) is 21.6. The number of amides is 2. The molecule has 3 aromatic rings. The van der Waals surface area contributed by atoms with Crippen LogP contribution in [0.25, 0.3) is 0 Å². The van der Waals surface area contributed by atoms with E-state index in [1.807, 2.05) is 43.3 Å². The molecule has 2 N–H and O–H groups in total. The lowest BCUT2D eigenvalue weighted by Gasteiger charge is -2.14. The number of thiophene rings is 1. The first kappa shape index (κ1) is 27.7. The average Bonchev–Trinajstić information content (AvgIpc) is 3.23. The van der Waals surface area contributed by atoms with Gasteiger partial charge in [-0.2, -0.15) is 0 Å². The molecule has 2 aromatic carbocycles. The standard InChI is InChI=1S/C29H32N2O5S2/c1-19(27(33)31-28-26(29(34)35-2)23-15-8-3-4-9-16-24(23)38-28)37-22-14-10-11-20(17-22)30-25(32)18-36-21-12-6-5-7-13-21/h5-7,10-14,17,19H,3-4,8-9,15-16,18H2,1-2H3,(H,30,32)(H,31,33). The third-order valence-corrected chi connectivity index (χ3v) is 8.51. The number of para-hydroxylation sites is 1. The van der Waals surface area contributed by atoms with E-state index in [1.165, 1.54) is 41.5 Å². The van der Waals surface area contributed by atoms with Crippen molar-refractivity contribution in [3.63, 3.8) is 0 Å². The van der Waals surface area contributed by atoms with Gasteiger partial charge in [-0.05, 0) is 68.5 Å². The van der Waals surface area contributed by atoms with Crippen LogP contribution < -0.4 is 15.4 Å². The van der Waals surface area contributed by atoms with Crippen LogP contribution in [0.3, 0.4) is 0 Å². The molecule has 1 atom stereocenters. The Morgan fingerprint density at radius 1 is 0.974 bits per heavy atom. The normalized spacial score (nSPS) is 13.8. The number of methoxy groups -OCH3 is 1. The number of carbonyl (C=O) groups is 3. The molecule has 7 nitrogen and oxygen atoms in total. The highest BCUT2D eigenvalue weighted by molar-refractivity contribution is 8.00. The minimum absolute atomic E-state index is 0.104. The molecule has 9 heteroatoms. The predicted molar refractivity (Wildman–Crippen MR) is 152 cm³/mol. The fourth-order valence-corrected chi connectivity index (χ4v) is 6.51. The van der Waals surface area contributed by atoms with Crippen molar-refractivity contribution in [3.05, 3.63) is 70.6 Å². The summed E-state index contributed by atoms with van der Waals surface area (Å²) in [6.45, 7) is 1.72. The number of anilines is 2. The maximum atomic E-state index is 13.1. The van der Waals surface area contributed by atoms with Crippen molar-refractivity contribution in [1.82, 2.24) is 0 Å². The zero-order valence-corrected chi connectivity index (χ0v) is 23.2. The highest BCUT2D eigenvalue weighted by Gasteiger charge is 2.27. The molecule has 0 spiro atoms. The number of hydrogen-bond donors (Lipinski definition) is 2. The molecule has 0 bridgehead atoms. The van der Waals surface area contributed by atoms with Gasteiger partial charge in [-0.15, -0.1) is 23.1 Å². The Morgan fingerprint density at radius 3 is 2.50 bits per heavy atom. The summed E-state index contributed by atoms with van der Waals surface area (Å²) in [6, 6.07) is 16.5. The number of ether oxygens (including phenoxy) is 2. The van der Waals surface area contributed by atoms with Gasteiger partial charge < -0.3 is 20.1 Å². The first-order valence-corrected chi connectivity index (χ1v) is 14.4. The monoisotopic (exact) mass is 552 g/mol. The number of benzene rings is 2. The molecule has 0 fully saturated rings. The Balaban J connectivity index is 1.38. The summed E-state index contributed by atoms with van der Waals surface area (Å²) in [5, 5.41) is 5.96. The Kier molecular flexibility index (Phi) is 9.84. The van der Waals surface area contributed by atoms with E-state index in [0.717, 1.165) is 42.6 Å². The summed E-state index contributed by atoms with van der Waals surface area (Å²) in [5.74, 6) is -0.247. The molecule has 1 unspecified atom stereocenters. The van der Waals surface area contributed by atoms with Crippen molar-refractivity contribution < 1.29 is 23.9 Å². The molecule has 0 radical (unpaired) electrons. The SMILES string of the molecule is COC(=O)c1c(NC(=O)C(C)Sc2cccc(NC(=O)COc3ccccc3)c2)sc2c1CCCCCC2. The van der Waals surface area contributed by atoms with Gasteiger partial charge >= 0.3 is 5.97 Å². The van der Waals surface area contributed by atoms with E-state index in [4.69, 9.17) is 9.47 Å². The number of thioether (sulfide) groups is 1. The van der Waals surface area contributed by atoms with E-state index in [2.05, 4.69) is 10.6 Å². The lowest BCUT2D eigenvalue weighted by molar-refractivity contribution is -0.118. The fourth-order valence-electron chi connectivity index (χ4n) is 4.31. The van der Waals surface area contributed by atoms with E-state index < -0.39 is 11.2 Å². The summed E-state index contributed by atoms with van der Waals surface area (Å²) < 4.78 is 10.6. The van der Waals surface area contributed by atoms with Crippen LogP contribution in [0.15, 0.2) is 59.5 Å². The van der Waals surface area contributed by atoms with Crippen LogP contribution in [-0.4, -0.2) is 36.8 Å². The predicted octanol–water partition coefficient (Wildman–Crippen LogP) is 6.33. The number of hydrogen-bond acceptors (Lipinski definition) is 7. The van der Waals surface area contributed by atoms with Crippen LogP contribution in [0.5, 0.6) is 5.75 Å². The molecule has 200 valence electrons. The first-order chi connectivity index (χ1) is 18.4. The molecule has 1 heterocycles. The van der Waals surface area contributed by atoms with Crippen LogP contribution in [0.4, 0.5) is 10.7 Å². The third-order valence-electron chi connectivity index (χ3n) is 6.21. The van der Waals surface area contributed by atoms with Crippen molar-refractivity contribution in [2.75, 3.05) is 24.4 Å². The number of aryl methyl sites for hydroxylation is 1. The second-order valence-corrected chi connectivity index (χ2v) is 11.6. The van der Waals surface area contributed by atoms with E-state index in [9.17, 15) is 14.4 Å². The van der Waals surface area contributed by atoms with Gasteiger partial charge in [0.1, 0.15) is 10.8 Å². The van der Waals surface area contributed by atoms with E-state index in [1.54, 1.807) is 18.2 Å². The highest BCUT2D eigenvalue weighted by Crippen LogP contribution is 2.38. The number of nitrogens with one attached hydrogen (secondary N) is 2. The van der Waals surface area contributed by atoms with Gasteiger partial charge in [0.25, 0.3) is 5.91 Å². The quantitative estimate of drug-likeness (QED) is 0.238. The van der Waals surface area contributed by atoms with Gasteiger partial charge in [-0.1, -0.05) is 37.1 Å². The van der Waals surface area contributed by atoms with Crippen molar-refractivity contribution in [2.24, 2.45) is 0 Å². The molecule has 38 heavy (non-hydrogen) atoms. The average molecular weight is 553 g/mol. The second kappa shape index (κ2) is 13.5. The van der Waals surface area contributed by atoms with Crippen molar-refractivity contribution in [2.45, 2.75) is 55.6 Å². The number of carbonyl (C=O) groups excluding carboxylic acids is 3. The molecule has 1 aromatic heterocycles. The molecule has 1 aliphatic carbocycles. The van der Waals surface area contributed by atoms with Gasteiger partial charge in [0, 0.05) is 15.5 Å². The van der Waals surface area contributed by atoms with Gasteiger partial charge in [-0.3, -0.25) is 9.59 Å². The summed E-state index contributed by atoms with van der Waals surface area (Å²) in [4.78, 5) is 40.1. The molecule has 1 aliphatic rings. The van der Waals surface area contributed by atoms with Crippen LogP contribution in [-0.2, 0) is 27.2 Å². The Morgan fingerprint density at radius 2 is 1.74 bits per heavy atom. The molecule has 0 aliphatic heterocycles. The van der Waals surface area contributed by atoms with Crippen LogP contribution in [0, 0.1) is 0 Å². The first-order valence-electron chi connectivity index (χ1n) is 12.7. The molecular weight excluding hydrogens is 520 g/mol. The van der Waals surface area contributed by atoms with Gasteiger partial charge in [0.2, 0.25) is 5.91 Å². The van der Waals surface area contributed by atoms with Crippen molar-refractivity contribution in [1.29, 1.82) is 0 Å². The molecule has 0 saturated carbocycles. The summed E-state index contributed by atoms with van der Waals surface area (Å²) in [7, 11) is 1.37. The lowest BCUT2D eigenvalue weighted by atomic mass is 9.96. The Hall–Kier alpha value is -3.30. The van der Waals surface area contributed by atoms with Gasteiger partial charge in [-0.25, -0.2) is 4.79 Å². The Bertz CT molecular complexity index is 1280. The van der Waals surface area contributed by atoms with Crippen molar-refractivity contribution >= 4 is 51.6 Å². The minimum Gasteiger partial charge on any atom is -0.484 e. The molecule has 4 rings (SSSR count). The maximum Gasteiger partial charge on any atom is 0.341 e. The summed E-state index contributed by atoms with van der Waals surface area (Å²) in [5.41, 5.74) is 2.15. The second-order valence-electron chi connectivity index (χ2n) is 9.04. The van der Waals surface area contributed by atoms with Crippen LogP contribution in [0.1, 0.15) is 53.4 Å². The molecule has 2 amide bonds. The topological polar surface area (TPSA) is 93.7 Å². The van der Waals surface area contributed by atoms with E-state index in [0.29, 0.717) is 22.0 Å². The summed E-state index contributed by atoms with van der Waals surface area (Å²) >= 11 is 2.87. The Labute approximate surface area is 231 Å². The maximum absolute atomic E-state index is 13.1. The van der Waals surface area contributed by atoms with Gasteiger partial charge in [0.15, 0.2) is 6.61 Å². The van der Waals surface area contributed by atoms with E-state index >= 15 is 0 Å². The summed E-state index contributed by atoms with van der Waals surface area (Å²) in [6.07, 6.45) is 6.17. The molecular formula is C29H32N2O5S2. The number of rotatable bonds is 9. The smallest absolute Gasteiger partial charge is 0.341 e. The van der Waals surface area contributed by atoms with Crippen LogP contribution in [0.2, 0.25) is 0 Å². The van der Waals surface area contributed by atoms with E-state index in [-0.39, 0.29) is 18.4 Å². The largest absolute Gasteiger partial charge is 0.484 e. The number of esters is 1. The lowest BCUT2D eigenvalue weighted by Crippen LogP contribution is -2.23. The molecule has 0 saturated heterocycles. The third kappa shape index (κ3) is 7.39.